The van der Waals surface area contributed by atoms with Gasteiger partial charge < -0.3 is 5.32 Å². The number of halogens is 1. The molecule has 0 spiro atoms. The van der Waals surface area contributed by atoms with Crippen molar-refractivity contribution in [3.05, 3.63) is 52.1 Å². The third-order valence-corrected chi connectivity index (χ3v) is 4.76. The van der Waals surface area contributed by atoms with Gasteiger partial charge in [-0.1, -0.05) is 12.1 Å². The Labute approximate surface area is 126 Å². The van der Waals surface area contributed by atoms with Gasteiger partial charge in [-0.15, -0.1) is 0 Å². The molecular formula is C13H13IN2O2S. The highest BCUT2D eigenvalue weighted by molar-refractivity contribution is 14.1. The quantitative estimate of drug-likeness (QED) is 0.792. The fourth-order valence-corrected chi connectivity index (χ4v) is 2.85. The van der Waals surface area contributed by atoms with Crippen LogP contribution in [0, 0.1) is 3.57 Å². The third kappa shape index (κ3) is 3.46. The maximum atomic E-state index is 11.9. The van der Waals surface area contributed by atoms with Gasteiger partial charge in [0, 0.05) is 9.26 Å². The second kappa shape index (κ2) is 5.89. The van der Waals surface area contributed by atoms with Gasteiger partial charge in [0.05, 0.1) is 5.69 Å². The average molecular weight is 388 g/mol. The molecule has 0 bridgehead atoms. The van der Waals surface area contributed by atoms with Crippen LogP contribution in [0.1, 0.15) is 0 Å². The van der Waals surface area contributed by atoms with Crippen molar-refractivity contribution in [3.8, 4) is 0 Å². The highest BCUT2D eigenvalue weighted by atomic mass is 127. The van der Waals surface area contributed by atoms with Crippen molar-refractivity contribution >= 4 is 44.0 Å². The van der Waals surface area contributed by atoms with Crippen molar-refractivity contribution in [1.82, 2.24) is 4.72 Å². The second-order valence-electron chi connectivity index (χ2n) is 3.84. The molecule has 2 rings (SSSR count). The highest BCUT2D eigenvalue weighted by Crippen LogP contribution is 2.24. The van der Waals surface area contributed by atoms with Crippen molar-refractivity contribution in [1.29, 1.82) is 0 Å². The van der Waals surface area contributed by atoms with E-state index in [9.17, 15) is 8.42 Å². The van der Waals surface area contributed by atoms with E-state index in [1.54, 1.807) is 24.3 Å². The number of hydrogen-bond donors (Lipinski definition) is 2. The molecule has 0 amide bonds. The van der Waals surface area contributed by atoms with E-state index in [0.29, 0.717) is 5.69 Å². The number of anilines is 2. The Bertz CT molecular complexity index is 669. The first-order valence-corrected chi connectivity index (χ1v) is 8.14. The van der Waals surface area contributed by atoms with Crippen LogP contribution >= 0.6 is 22.6 Å². The van der Waals surface area contributed by atoms with Gasteiger partial charge in [0.15, 0.2) is 0 Å². The summed E-state index contributed by atoms with van der Waals surface area (Å²) in [5.41, 5.74) is 1.40. The molecule has 0 aliphatic rings. The maximum absolute atomic E-state index is 11.9. The number of rotatable bonds is 4. The SMILES string of the molecule is CNS(=O)(=O)c1ccccc1Nc1ccc(I)cc1. The topological polar surface area (TPSA) is 58.2 Å². The summed E-state index contributed by atoms with van der Waals surface area (Å²) < 4.78 is 27.3. The minimum absolute atomic E-state index is 0.232. The molecule has 0 aliphatic heterocycles. The summed E-state index contributed by atoms with van der Waals surface area (Å²) in [5, 5.41) is 3.12. The third-order valence-electron chi connectivity index (χ3n) is 2.57. The molecule has 0 atom stereocenters. The van der Waals surface area contributed by atoms with Crippen LogP contribution in [0.5, 0.6) is 0 Å². The summed E-state index contributed by atoms with van der Waals surface area (Å²) in [5.74, 6) is 0. The molecule has 2 N–H and O–H groups in total. The lowest BCUT2D eigenvalue weighted by molar-refractivity contribution is 0.588. The van der Waals surface area contributed by atoms with Crippen molar-refractivity contribution in [2.24, 2.45) is 0 Å². The van der Waals surface area contributed by atoms with E-state index in [4.69, 9.17) is 0 Å². The Hall–Kier alpha value is -1.12. The molecule has 0 unspecified atom stereocenters. The standard InChI is InChI=1S/C13H13IN2O2S/c1-15-19(17,18)13-5-3-2-4-12(13)16-11-8-6-10(14)7-9-11/h2-9,15-16H,1H3. The molecule has 4 nitrogen and oxygen atoms in total. The molecular weight excluding hydrogens is 375 g/mol. The molecule has 0 aromatic heterocycles. The Morgan fingerprint density at radius 1 is 1.00 bits per heavy atom. The highest BCUT2D eigenvalue weighted by Gasteiger charge is 2.15. The summed E-state index contributed by atoms with van der Waals surface area (Å²) in [7, 11) is -2.07. The molecule has 0 radical (unpaired) electrons. The molecule has 0 fully saturated rings. The molecule has 19 heavy (non-hydrogen) atoms. The Morgan fingerprint density at radius 2 is 1.63 bits per heavy atom. The zero-order chi connectivity index (χ0) is 13.9. The fourth-order valence-electron chi connectivity index (χ4n) is 1.60. The van der Waals surface area contributed by atoms with Crippen LogP contribution in [0.4, 0.5) is 11.4 Å². The minimum atomic E-state index is -3.47. The lowest BCUT2D eigenvalue weighted by Gasteiger charge is -2.12. The molecule has 0 saturated carbocycles. The number of para-hydroxylation sites is 1. The van der Waals surface area contributed by atoms with Gasteiger partial charge in [-0.25, -0.2) is 13.1 Å². The number of benzene rings is 2. The van der Waals surface area contributed by atoms with Crippen LogP contribution < -0.4 is 10.0 Å². The molecule has 2 aromatic rings. The summed E-state index contributed by atoms with van der Waals surface area (Å²) in [6, 6.07) is 14.5. The van der Waals surface area contributed by atoms with Crippen LogP contribution in [0.25, 0.3) is 0 Å². The van der Waals surface area contributed by atoms with Gasteiger partial charge in [-0.2, -0.15) is 0 Å². The van der Waals surface area contributed by atoms with E-state index in [1.807, 2.05) is 24.3 Å². The summed E-state index contributed by atoms with van der Waals surface area (Å²) in [6.07, 6.45) is 0. The number of hydrogen-bond acceptors (Lipinski definition) is 3. The van der Waals surface area contributed by atoms with Crippen LogP contribution in [0.3, 0.4) is 0 Å². The van der Waals surface area contributed by atoms with Gasteiger partial charge in [0.2, 0.25) is 10.0 Å². The Kier molecular flexibility index (Phi) is 4.43. The Balaban J connectivity index is 2.38. The normalized spacial score (nSPS) is 11.3. The van der Waals surface area contributed by atoms with Crippen molar-refractivity contribution in [2.75, 3.05) is 12.4 Å². The minimum Gasteiger partial charge on any atom is -0.354 e. The van der Waals surface area contributed by atoms with Gasteiger partial charge in [0.25, 0.3) is 0 Å². The van der Waals surface area contributed by atoms with E-state index in [-0.39, 0.29) is 4.90 Å². The molecule has 0 aliphatic carbocycles. The van der Waals surface area contributed by atoms with E-state index < -0.39 is 10.0 Å². The van der Waals surface area contributed by atoms with Crippen LogP contribution in [0.15, 0.2) is 53.4 Å². The average Bonchev–Trinajstić information content (AvgIpc) is 2.42. The van der Waals surface area contributed by atoms with E-state index >= 15 is 0 Å². The summed E-state index contributed by atoms with van der Waals surface area (Å²) in [6.45, 7) is 0. The lowest BCUT2D eigenvalue weighted by atomic mass is 10.3. The summed E-state index contributed by atoms with van der Waals surface area (Å²) >= 11 is 2.22. The first kappa shape index (κ1) is 14.3. The molecule has 100 valence electrons. The predicted molar refractivity (Wildman–Crippen MR) is 85.1 cm³/mol. The first-order valence-electron chi connectivity index (χ1n) is 5.58. The number of nitrogens with one attached hydrogen (secondary N) is 2. The molecule has 6 heteroatoms. The second-order valence-corrected chi connectivity index (χ2v) is 6.94. The Morgan fingerprint density at radius 3 is 2.26 bits per heavy atom. The van der Waals surface area contributed by atoms with E-state index in [2.05, 4.69) is 32.6 Å². The summed E-state index contributed by atoms with van der Waals surface area (Å²) in [4.78, 5) is 0.232. The van der Waals surface area contributed by atoms with E-state index in [1.165, 1.54) is 7.05 Å². The lowest BCUT2D eigenvalue weighted by Crippen LogP contribution is -2.19. The van der Waals surface area contributed by atoms with Gasteiger partial charge in [0.1, 0.15) is 4.90 Å². The monoisotopic (exact) mass is 388 g/mol. The maximum Gasteiger partial charge on any atom is 0.242 e. The predicted octanol–water partition coefficient (Wildman–Crippen LogP) is 2.94. The largest absolute Gasteiger partial charge is 0.354 e. The smallest absolute Gasteiger partial charge is 0.242 e. The first-order chi connectivity index (χ1) is 9.03. The van der Waals surface area contributed by atoms with Crippen LogP contribution in [-0.2, 0) is 10.0 Å². The zero-order valence-corrected chi connectivity index (χ0v) is 13.2. The molecule has 2 aromatic carbocycles. The van der Waals surface area contributed by atoms with Crippen LogP contribution in [0.2, 0.25) is 0 Å². The fraction of sp³-hybridized carbons (Fsp3) is 0.0769. The molecule has 0 saturated heterocycles. The van der Waals surface area contributed by atoms with Crippen LogP contribution in [-0.4, -0.2) is 15.5 Å². The number of sulfonamides is 1. The molecule has 0 heterocycles. The van der Waals surface area contributed by atoms with Crippen molar-refractivity contribution < 1.29 is 8.42 Å². The van der Waals surface area contributed by atoms with E-state index in [0.717, 1.165) is 9.26 Å². The van der Waals surface area contributed by atoms with Gasteiger partial charge in [-0.3, -0.25) is 0 Å². The zero-order valence-electron chi connectivity index (χ0n) is 10.2. The van der Waals surface area contributed by atoms with Crippen molar-refractivity contribution in [3.63, 3.8) is 0 Å². The van der Waals surface area contributed by atoms with Gasteiger partial charge >= 0.3 is 0 Å². The van der Waals surface area contributed by atoms with Crippen molar-refractivity contribution in [2.45, 2.75) is 4.90 Å². The van der Waals surface area contributed by atoms with Gasteiger partial charge in [-0.05, 0) is 66.0 Å².